The predicted molar refractivity (Wildman–Crippen MR) is 108 cm³/mol. The third kappa shape index (κ3) is 4.13. The van der Waals surface area contributed by atoms with Crippen LogP contribution in [-0.2, 0) is 6.42 Å². The van der Waals surface area contributed by atoms with Gasteiger partial charge in [0.1, 0.15) is 17.8 Å². The second kappa shape index (κ2) is 8.71. The summed E-state index contributed by atoms with van der Waals surface area (Å²) in [5.74, 6) is 1.45. The number of hydrogen-bond donors (Lipinski definition) is 0. The van der Waals surface area contributed by atoms with Crippen LogP contribution in [-0.4, -0.2) is 23.8 Å². The minimum absolute atomic E-state index is 0.0983. The molecule has 0 aliphatic heterocycles. The van der Waals surface area contributed by atoms with Gasteiger partial charge in [-0.25, -0.2) is 4.98 Å². The van der Waals surface area contributed by atoms with E-state index in [1.165, 1.54) is 19.3 Å². The summed E-state index contributed by atoms with van der Waals surface area (Å²) in [6.45, 7) is 2.20. The van der Waals surface area contributed by atoms with Crippen molar-refractivity contribution in [1.82, 2.24) is 9.55 Å². The fourth-order valence-corrected chi connectivity index (χ4v) is 3.27. The average molecular weight is 366 g/mol. The van der Waals surface area contributed by atoms with Gasteiger partial charge in [-0.1, -0.05) is 26.2 Å². The SMILES string of the molecule is CCCCCCc1cc(OC)ccc1-n1cnc2ccc(OC)cc2c1=O. The molecule has 3 aromatic rings. The highest BCUT2D eigenvalue weighted by Gasteiger charge is 2.12. The number of nitrogens with zero attached hydrogens (tertiary/aromatic N) is 2. The van der Waals surface area contributed by atoms with Crippen LogP contribution in [0.2, 0.25) is 0 Å². The third-order valence-electron chi connectivity index (χ3n) is 4.81. The number of benzene rings is 2. The van der Waals surface area contributed by atoms with Crippen molar-refractivity contribution in [2.75, 3.05) is 14.2 Å². The third-order valence-corrected chi connectivity index (χ3v) is 4.81. The summed E-state index contributed by atoms with van der Waals surface area (Å²) in [5.41, 5.74) is 2.51. The lowest BCUT2D eigenvalue weighted by molar-refractivity contribution is 0.414. The summed E-state index contributed by atoms with van der Waals surface area (Å²) in [4.78, 5) is 17.6. The van der Waals surface area contributed by atoms with E-state index in [-0.39, 0.29) is 5.56 Å². The number of unbranched alkanes of at least 4 members (excludes halogenated alkanes) is 3. The van der Waals surface area contributed by atoms with E-state index in [0.29, 0.717) is 16.7 Å². The molecule has 3 rings (SSSR count). The predicted octanol–water partition coefficient (Wildman–Crippen LogP) is 4.53. The molecule has 0 spiro atoms. The topological polar surface area (TPSA) is 53.4 Å². The Bertz CT molecular complexity index is 979. The summed E-state index contributed by atoms with van der Waals surface area (Å²) >= 11 is 0. The van der Waals surface area contributed by atoms with Crippen molar-refractivity contribution in [2.24, 2.45) is 0 Å². The Hall–Kier alpha value is -2.82. The molecule has 0 saturated heterocycles. The Morgan fingerprint density at radius 1 is 0.963 bits per heavy atom. The summed E-state index contributed by atoms with van der Waals surface area (Å²) < 4.78 is 12.3. The highest BCUT2D eigenvalue weighted by Crippen LogP contribution is 2.23. The number of fused-ring (bicyclic) bond motifs is 1. The summed E-state index contributed by atoms with van der Waals surface area (Å²) in [5, 5.41) is 0.546. The van der Waals surface area contributed by atoms with Crippen LogP contribution in [0.1, 0.15) is 38.2 Å². The molecule has 0 saturated carbocycles. The molecule has 1 aromatic heterocycles. The molecule has 0 aliphatic carbocycles. The van der Waals surface area contributed by atoms with Gasteiger partial charge in [0.15, 0.2) is 0 Å². The molecule has 0 N–H and O–H groups in total. The van der Waals surface area contributed by atoms with Crippen molar-refractivity contribution in [3.63, 3.8) is 0 Å². The van der Waals surface area contributed by atoms with Gasteiger partial charge in [-0.3, -0.25) is 9.36 Å². The van der Waals surface area contributed by atoms with Crippen LogP contribution in [0, 0.1) is 0 Å². The van der Waals surface area contributed by atoms with E-state index in [0.717, 1.165) is 29.8 Å². The highest BCUT2D eigenvalue weighted by molar-refractivity contribution is 5.79. The van der Waals surface area contributed by atoms with E-state index >= 15 is 0 Å². The van der Waals surface area contributed by atoms with Gasteiger partial charge in [0.05, 0.1) is 30.8 Å². The average Bonchev–Trinajstić information content (AvgIpc) is 2.71. The Morgan fingerprint density at radius 2 is 1.70 bits per heavy atom. The zero-order chi connectivity index (χ0) is 19.2. The van der Waals surface area contributed by atoms with Crippen molar-refractivity contribution in [3.05, 3.63) is 58.6 Å². The molecule has 1 heterocycles. The van der Waals surface area contributed by atoms with E-state index in [4.69, 9.17) is 9.47 Å². The van der Waals surface area contributed by atoms with Gasteiger partial charge in [-0.2, -0.15) is 0 Å². The van der Waals surface area contributed by atoms with E-state index < -0.39 is 0 Å². The first-order chi connectivity index (χ1) is 13.2. The Balaban J connectivity index is 2.06. The fraction of sp³-hybridized carbons (Fsp3) is 0.364. The Labute approximate surface area is 159 Å². The minimum Gasteiger partial charge on any atom is -0.497 e. The minimum atomic E-state index is -0.0983. The molecule has 0 fully saturated rings. The van der Waals surface area contributed by atoms with Crippen LogP contribution in [0.15, 0.2) is 47.5 Å². The van der Waals surface area contributed by atoms with E-state index in [9.17, 15) is 4.79 Å². The number of aromatic nitrogens is 2. The summed E-state index contributed by atoms with van der Waals surface area (Å²) in [6, 6.07) is 11.2. The van der Waals surface area contributed by atoms with Gasteiger partial charge in [0.25, 0.3) is 5.56 Å². The molecule has 0 radical (unpaired) electrons. The number of ether oxygens (including phenoxy) is 2. The number of aryl methyl sites for hydroxylation is 1. The van der Waals surface area contributed by atoms with Crippen molar-refractivity contribution >= 4 is 10.9 Å². The van der Waals surface area contributed by atoms with Crippen molar-refractivity contribution < 1.29 is 9.47 Å². The molecular formula is C22H26N2O3. The van der Waals surface area contributed by atoms with E-state index in [2.05, 4.69) is 11.9 Å². The smallest absolute Gasteiger partial charge is 0.265 e. The zero-order valence-corrected chi connectivity index (χ0v) is 16.2. The first-order valence-corrected chi connectivity index (χ1v) is 9.40. The molecule has 142 valence electrons. The molecule has 27 heavy (non-hydrogen) atoms. The van der Waals surface area contributed by atoms with Crippen LogP contribution in [0.25, 0.3) is 16.6 Å². The molecule has 0 bridgehead atoms. The molecule has 0 atom stereocenters. The lowest BCUT2D eigenvalue weighted by atomic mass is 10.0. The lowest BCUT2D eigenvalue weighted by Crippen LogP contribution is -2.20. The van der Waals surface area contributed by atoms with Crippen molar-refractivity contribution in [2.45, 2.75) is 39.0 Å². The molecule has 5 heteroatoms. The monoisotopic (exact) mass is 366 g/mol. The van der Waals surface area contributed by atoms with Gasteiger partial charge >= 0.3 is 0 Å². The van der Waals surface area contributed by atoms with Crippen LogP contribution >= 0.6 is 0 Å². The lowest BCUT2D eigenvalue weighted by Gasteiger charge is -2.14. The standard InChI is InChI=1S/C22H26N2O3/c1-4-5-6-7-8-16-13-17(26-2)10-12-21(16)24-15-23-20-11-9-18(27-3)14-19(20)22(24)25/h9-15H,4-8H2,1-3H3. The van der Waals surface area contributed by atoms with Crippen LogP contribution in [0.3, 0.4) is 0 Å². The fourth-order valence-electron chi connectivity index (χ4n) is 3.27. The van der Waals surface area contributed by atoms with Crippen LogP contribution in [0.5, 0.6) is 11.5 Å². The highest BCUT2D eigenvalue weighted by atomic mass is 16.5. The largest absolute Gasteiger partial charge is 0.497 e. The van der Waals surface area contributed by atoms with Crippen molar-refractivity contribution in [3.8, 4) is 17.2 Å². The number of methoxy groups -OCH3 is 2. The quantitative estimate of drug-likeness (QED) is 0.550. The van der Waals surface area contributed by atoms with E-state index in [1.54, 1.807) is 37.2 Å². The van der Waals surface area contributed by atoms with Gasteiger partial charge in [-0.15, -0.1) is 0 Å². The Kier molecular flexibility index (Phi) is 6.12. The maximum absolute atomic E-state index is 13.1. The second-order valence-electron chi connectivity index (χ2n) is 6.61. The van der Waals surface area contributed by atoms with E-state index in [1.807, 2.05) is 24.3 Å². The van der Waals surface area contributed by atoms with Crippen molar-refractivity contribution in [1.29, 1.82) is 0 Å². The normalized spacial score (nSPS) is 10.9. The van der Waals surface area contributed by atoms with Crippen LogP contribution in [0.4, 0.5) is 0 Å². The van der Waals surface area contributed by atoms with Gasteiger partial charge in [0.2, 0.25) is 0 Å². The first-order valence-electron chi connectivity index (χ1n) is 9.40. The maximum Gasteiger partial charge on any atom is 0.265 e. The molecule has 0 amide bonds. The number of hydrogen-bond acceptors (Lipinski definition) is 4. The maximum atomic E-state index is 13.1. The van der Waals surface area contributed by atoms with Crippen LogP contribution < -0.4 is 15.0 Å². The molecule has 5 nitrogen and oxygen atoms in total. The van der Waals surface area contributed by atoms with Gasteiger partial charge in [-0.05, 0) is 54.8 Å². The van der Waals surface area contributed by atoms with Gasteiger partial charge in [0, 0.05) is 0 Å². The molecule has 0 aliphatic rings. The summed E-state index contributed by atoms with van der Waals surface area (Å²) in [6.07, 6.45) is 7.17. The second-order valence-corrected chi connectivity index (χ2v) is 6.61. The number of rotatable bonds is 8. The summed E-state index contributed by atoms with van der Waals surface area (Å²) in [7, 11) is 3.25. The molecular weight excluding hydrogens is 340 g/mol. The zero-order valence-electron chi connectivity index (χ0n) is 16.2. The molecule has 2 aromatic carbocycles. The van der Waals surface area contributed by atoms with Gasteiger partial charge < -0.3 is 9.47 Å². The molecule has 0 unspecified atom stereocenters. The first kappa shape index (κ1) is 19.0. The Morgan fingerprint density at radius 3 is 2.44 bits per heavy atom.